The highest BCUT2D eigenvalue weighted by molar-refractivity contribution is 5.95. The van der Waals surface area contributed by atoms with Crippen molar-refractivity contribution < 1.29 is 9.53 Å². The van der Waals surface area contributed by atoms with Gasteiger partial charge in [0.25, 0.3) is 0 Å². The number of para-hydroxylation sites is 2. The lowest BCUT2D eigenvalue weighted by molar-refractivity contribution is -0.120. The van der Waals surface area contributed by atoms with Gasteiger partial charge in [-0.1, -0.05) is 26.0 Å². The Balaban J connectivity index is 2.49. The third-order valence-corrected chi connectivity index (χ3v) is 4.29. The topological polar surface area (TPSA) is 44.8 Å². The summed E-state index contributed by atoms with van der Waals surface area (Å²) in [6.45, 7) is 10.4. The maximum absolute atomic E-state index is 12.4. The van der Waals surface area contributed by atoms with Crippen LogP contribution in [0.25, 0.3) is 0 Å². The van der Waals surface area contributed by atoms with Crippen LogP contribution in [0.2, 0.25) is 0 Å². The third kappa shape index (κ3) is 6.20. The summed E-state index contributed by atoms with van der Waals surface area (Å²) in [6.07, 6.45) is 1.06. The molecule has 1 amide bonds. The summed E-state index contributed by atoms with van der Waals surface area (Å²) in [5.74, 6) is 0.664. The van der Waals surface area contributed by atoms with E-state index in [0.29, 0.717) is 11.4 Å². The lowest BCUT2D eigenvalue weighted by Gasteiger charge is -2.25. The predicted molar refractivity (Wildman–Crippen MR) is 96.1 cm³/mol. The molecule has 0 bridgehead atoms. The van der Waals surface area contributed by atoms with Crippen LogP contribution in [0.1, 0.15) is 27.2 Å². The van der Waals surface area contributed by atoms with E-state index in [1.807, 2.05) is 38.2 Å². The maximum atomic E-state index is 12.4. The lowest BCUT2D eigenvalue weighted by atomic mass is 10.2. The SMILES string of the molecule is CCN(CC)CCCN(C)[C@H](C)C(=O)Nc1ccccc1OC. The first kappa shape index (κ1) is 19.5. The number of hydrogen-bond acceptors (Lipinski definition) is 4. The Bertz CT molecular complexity index is 475. The molecule has 0 aromatic heterocycles. The van der Waals surface area contributed by atoms with Crippen LogP contribution in [0.5, 0.6) is 5.75 Å². The van der Waals surface area contributed by atoms with Crippen LogP contribution in [0.15, 0.2) is 24.3 Å². The summed E-state index contributed by atoms with van der Waals surface area (Å²) in [5, 5.41) is 2.95. The van der Waals surface area contributed by atoms with Gasteiger partial charge in [-0.15, -0.1) is 0 Å². The number of methoxy groups -OCH3 is 1. The number of rotatable bonds is 10. The third-order valence-electron chi connectivity index (χ3n) is 4.29. The first-order valence-electron chi connectivity index (χ1n) is 8.39. The number of nitrogens with one attached hydrogen (secondary N) is 1. The number of carbonyl (C=O) groups excluding carboxylic acids is 1. The van der Waals surface area contributed by atoms with Gasteiger partial charge in [-0.3, -0.25) is 9.69 Å². The fraction of sp³-hybridized carbons (Fsp3) is 0.611. The zero-order valence-electron chi connectivity index (χ0n) is 15.1. The first-order chi connectivity index (χ1) is 11.0. The number of hydrogen-bond donors (Lipinski definition) is 1. The van der Waals surface area contributed by atoms with Gasteiger partial charge in [0.2, 0.25) is 5.91 Å². The number of anilines is 1. The molecule has 0 saturated heterocycles. The van der Waals surface area contributed by atoms with Crippen LogP contribution >= 0.6 is 0 Å². The number of carbonyl (C=O) groups is 1. The zero-order chi connectivity index (χ0) is 17.2. The minimum Gasteiger partial charge on any atom is -0.495 e. The van der Waals surface area contributed by atoms with Crippen molar-refractivity contribution in [1.29, 1.82) is 0 Å². The van der Waals surface area contributed by atoms with Crippen molar-refractivity contribution in [2.75, 3.05) is 45.7 Å². The van der Waals surface area contributed by atoms with Gasteiger partial charge in [-0.25, -0.2) is 0 Å². The molecule has 0 unspecified atom stereocenters. The van der Waals surface area contributed by atoms with Gasteiger partial charge in [-0.2, -0.15) is 0 Å². The van der Waals surface area contributed by atoms with Crippen LogP contribution in [0, 0.1) is 0 Å². The largest absolute Gasteiger partial charge is 0.495 e. The van der Waals surface area contributed by atoms with Gasteiger partial charge < -0.3 is 15.0 Å². The monoisotopic (exact) mass is 321 g/mol. The molecule has 1 N–H and O–H groups in total. The van der Waals surface area contributed by atoms with E-state index in [4.69, 9.17) is 4.74 Å². The molecule has 1 rings (SSSR count). The molecule has 0 aliphatic carbocycles. The number of benzene rings is 1. The standard InChI is InChI=1S/C18H31N3O2/c1-6-21(7-2)14-10-13-20(4)15(3)18(22)19-16-11-8-9-12-17(16)23-5/h8-9,11-12,15H,6-7,10,13-14H2,1-5H3,(H,19,22)/t15-/m1/s1. The lowest BCUT2D eigenvalue weighted by Crippen LogP contribution is -2.41. The van der Waals surface area contributed by atoms with Gasteiger partial charge >= 0.3 is 0 Å². The Morgan fingerprint density at radius 2 is 1.87 bits per heavy atom. The Morgan fingerprint density at radius 3 is 2.48 bits per heavy atom. The van der Waals surface area contributed by atoms with Crippen molar-refractivity contribution in [3.8, 4) is 5.75 Å². The Hall–Kier alpha value is -1.59. The second kappa shape index (κ2) is 10.2. The first-order valence-corrected chi connectivity index (χ1v) is 8.39. The van der Waals surface area contributed by atoms with Crippen LogP contribution in [0.3, 0.4) is 0 Å². The highest BCUT2D eigenvalue weighted by Crippen LogP contribution is 2.23. The van der Waals surface area contributed by atoms with Crippen molar-refractivity contribution in [3.63, 3.8) is 0 Å². The van der Waals surface area contributed by atoms with Crippen molar-refractivity contribution in [1.82, 2.24) is 9.80 Å². The van der Waals surface area contributed by atoms with E-state index in [9.17, 15) is 4.79 Å². The smallest absolute Gasteiger partial charge is 0.241 e. The van der Waals surface area contributed by atoms with Crippen LogP contribution in [-0.2, 0) is 4.79 Å². The van der Waals surface area contributed by atoms with E-state index >= 15 is 0 Å². The molecule has 0 aliphatic heterocycles. The minimum absolute atomic E-state index is 0.0140. The molecule has 1 aromatic carbocycles. The Labute approximate surface area is 140 Å². The number of ether oxygens (including phenoxy) is 1. The summed E-state index contributed by atoms with van der Waals surface area (Å²) in [6, 6.07) is 7.28. The fourth-order valence-corrected chi connectivity index (χ4v) is 2.46. The molecule has 0 fully saturated rings. The Kier molecular flexibility index (Phi) is 8.66. The van der Waals surface area contributed by atoms with Crippen LogP contribution < -0.4 is 10.1 Å². The van der Waals surface area contributed by atoms with E-state index in [-0.39, 0.29) is 11.9 Å². The number of nitrogens with zero attached hydrogens (tertiary/aromatic N) is 2. The molecule has 0 heterocycles. The molecule has 23 heavy (non-hydrogen) atoms. The van der Waals surface area contributed by atoms with Gasteiger partial charge in [0, 0.05) is 0 Å². The van der Waals surface area contributed by atoms with Crippen LogP contribution in [0.4, 0.5) is 5.69 Å². The zero-order valence-corrected chi connectivity index (χ0v) is 15.1. The van der Waals surface area contributed by atoms with E-state index in [1.165, 1.54) is 0 Å². The molecule has 0 spiro atoms. The fourth-order valence-electron chi connectivity index (χ4n) is 2.46. The average molecular weight is 321 g/mol. The quantitative estimate of drug-likeness (QED) is 0.720. The van der Waals surface area contributed by atoms with E-state index in [2.05, 4.69) is 29.0 Å². The number of amides is 1. The molecular formula is C18H31N3O2. The summed E-state index contributed by atoms with van der Waals surface area (Å²) in [7, 11) is 3.60. The number of likely N-dealkylation sites (N-methyl/N-ethyl adjacent to an activating group) is 1. The van der Waals surface area contributed by atoms with Gasteiger partial charge in [0.1, 0.15) is 5.75 Å². The van der Waals surface area contributed by atoms with Gasteiger partial charge in [0.15, 0.2) is 0 Å². The predicted octanol–water partition coefficient (Wildman–Crippen LogP) is 2.69. The maximum Gasteiger partial charge on any atom is 0.241 e. The Morgan fingerprint density at radius 1 is 1.22 bits per heavy atom. The molecule has 0 aliphatic rings. The molecule has 130 valence electrons. The van der Waals surface area contributed by atoms with E-state index in [0.717, 1.165) is 32.6 Å². The highest BCUT2D eigenvalue weighted by Gasteiger charge is 2.19. The van der Waals surface area contributed by atoms with E-state index in [1.54, 1.807) is 7.11 Å². The molecule has 0 saturated carbocycles. The van der Waals surface area contributed by atoms with Crippen molar-refractivity contribution in [2.24, 2.45) is 0 Å². The molecule has 5 nitrogen and oxygen atoms in total. The van der Waals surface area contributed by atoms with Crippen molar-refractivity contribution in [2.45, 2.75) is 33.2 Å². The van der Waals surface area contributed by atoms with E-state index < -0.39 is 0 Å². The van der Waals surface area contributed by atoms with Crippen LogP contribution in [-0.4, -0.2) is 62.1 Å². The summed E-state index contributed by atoms with van der Waals surface area (Å²) >= 11 is 0. The molecule has 5 heteroatoms. The summed E-state index contributed by atoms with van der Waals surface area (Å²) < 4.78 is 5.27. The normalized spacial score (nSPS) is 12.5. The summed E-state index contributed by atoms with van der Waals surface area (Å²) in [5.41, 5.74) is 0.711. The summed E-state index contributed by atoms with van der Waals surface area (Å²) in [4.78, 5) is 16.9. The van der Waals surface area contributed by atoms with Crippen molar-refractivity contribution >= 4 is 11.6 Å². The highest BCUT2D eigenvalue weighted by atomic mass is 16.5. The molecule has 1 atom stereocenters. The molecule has 0 radical (unpaired) electrons. The average Bonchev–Trinajstić information content (AvgIpc) is 2.58. The second-order valence-electron chi connectivity index (χ2n) is 5.73. The second-order valence-corrected chi connectivity index (χ2v) is 5.73. The molecular weight excluding hydrogens is 290 g/mol. The van der Waals surface area contributed by atoms with Crippen molar-refractivity contribution in [3.05, 3.63) is 24.3 Å². The van der Waals surface area contributed by atoms with Gasteiger partial charge in [-0.05, 0) is 58.7 Å². The minimum atomic E-state index is -0.184. The molecule has 1 aromatic rings. The van der Waals surface area contributed by atoms with Gasteiger partial charge in [0.05, 0.1) is 18.8 Å².